The van der Waals surface area contributed by atoms with Gasteiger partial charge in [0.1, 0.15) is 0 Å². The highest BCUT2D eigenvalue weighted by Crippen LogP contribution is 2.64. The normalized spacial score (nSPS) is 33.7. The summed E-state index contributed by atoms with van der Waals surface area (Å²) in [6, 6.07) is 21.6. The number of hydrogen-bond donors (Lipinski definition) is 0. The highest BCUT2D eigenvalue weighted by Gasteiger charge is 2.54. The van der Waals surface area contributed by atoms with Gasteiger partial charge in [-0.1, -0.05) is 25.7 Å². The Balaban J connectivity index is 0.941. The van der Waals surface area contributed by atoms with Crippen molar-refractivity contribution in [2.75, 3.05) is 0 Å². The molecule has 68 heavy (non-hydrogen) atoms. The molecule has 0 atom stereocenters. The number of benzene rings is 4. The smallest absolute Gasteiger partial charge is 0.0995 e. The molecule has 0 unspecified atom stereocenters. The van der Waals surface area contributed by atoms with Crippen molar-refractivity contribution in [2.24, 2.45) is 46.3 Å². The van der Waals surface area contributed by atoms with Crippen molar-refractivity contribution >= 4 is 76.2 Å². The second-order valence-electron chi connectivity index (χ2n) is 27.2. The molecule has 10 fully saturated rings. The molecule has 12 aliphatic rings. The SMILES string of the molecule is N#Cc1cc2c(c3c1CC1(CCCC1)C3)c1cc(C34CC5CC(CC(C5)C3)C4)cc3c4cc5c(cc4n2c31)c1cc(C23CC4CC(CC(C4)C2)C3)cc2c3c4c(ncc3n5c12)CC1(CCCC1)C4. The molecule has 10 saturated carbocycles. The Bertz CT molecular complexity index is 3780. The average Bonchev–Trinajstić information content (AvgIpc) is 4.21. The molecule has 0 saturated heterocycles. The van der Waals surface area contributed by atoms with Gasteiger partial charge in [-0.15, -0.1) is 0 Å². The lowest BCUT2D eigenvalue weighted by atomic mass is 9.48. The molecule has 2 spiro atoms. The first-order valence-corrected chi connectivity index (χ1v) is 28.1. The van der Waals surface area contributed by atoms with E-state index in [-0.39, 0.29) is 0 Å². The van der Waals surface area contributed by atoms with E-state index in [0.29, 0.717) is 21.7 Å². The Labute approximate surface area is 398 Å². The predicted molar refractivity (Wildman–Crippen MR) is 275 cm³/mol. The standard InChI is InChI=1S/C64H62N4/c65-32-40-15-55-57(50-29-61(28-49(40)50)5-1-2-6-61)47-18-41(63-22-34-9-35(23-63)11-36(10-34)24-63)16-45-43-21-54-44(20-53(43)67(55)59(45)47)46-17-42(64-25-37-12-38(26-64)14-39(13-37)27-64)19-48-58-51-30-62(7-3-4-8-62)31-52(51)66-33-56(58)68(54)60(46)48/h15-21,33-39H,1-14,22-31H2. The van der Waals surface area contributed by atoms with Crippen molar-refractivity contribution in [2.45, 2.75) is 165 Å². The van der Waals surface area contributed by atoms with E-state index in [2.05, 4.69) is 63.5 Å². The van der Waals surface area contributed by atoms with Crippen LogP contribution in [0.15, 0.2) is 48.7 Å². The minimum atomic E-state index is 0.297. The summed E-state index contributed by atoms with van der Waals surface area (Å²) in [7, 11) is 0. The molecule has 21 rings (SSSR count). The van der Waals surface area contributed by atoms with Crippen molar-refractivity contribution < 1.29 is 0 Å². The van der Waals surface area contributed by atoms with Crippen LogP contribution in [0.2, 0.25) is 0 Å². The minimum absolute atomic E-state index is 0.297. The fourth-order valence-electron chi connectivity index (χ4n) is 21.9. The Morgan fingerprint density at radius 2 is 0.897 bits per heavy atom. The predicted octanol–water partition coefficient (Wildman–Crippen LogP) is 15.5. The lowest BCUT2D eigenvalue weighted by Gasteiger charge is -2.57. The van der Waals surface area contributed by atoms with Crippen LogP contribution in [0, 0.1) is 57.7 Å². The molecule has 8 bridgehead atoms. The van der Waals surface area contributed by atoms with Gasteiger partial charge < -0.3 is 8.80 Å². The lowest BCUT2D eigenvalue weighted by molar-refractivity contribution is -0.00520. The van der Waals surface area contributed by atoms with Gasteiger partial charge in [-0.25, -0.2) is 0 Å². The van der Waals surface area contributed by atoms with Crippen molar-refractivity contribution in [1.82, 2.24) is 13.8 Å². The lowest BCUT2D eigenvalue weighted by Crippen LogP contribution is -2.48. The Kier molecular flexibility index (Phi) is 6.43. The fraction of sp³-hybridized carbons (Fsp3) is 0.531. The first-order chi connectivity index (χ1) is 33.3. The van der Waals surface area contributed by atoms with E-state index in [1.54, 1.807) is 22.1 Å². The molecule has 4 heteroatoms. The number of rotatable bonds is 2. The fourth-order valence-corrected chi connectivity index (χ4v) is 21.9. The number of hydrogen-bond acceptors (Lipinski definition) is 2. The van der Waals surface area contributed by atoms with Crippen LogP contribution in [0.4, 0.5) is 0 Å². The van der Waals surface area contributed by atoms with E-state index in [1.807, 2.05) is 0 Å². The average molecular weight is 887 g/mol. The molecule has 338 valence electrons. The highest BCUT2D eigenvalue weighted by molar-refractivity contribution is 6.30. The molecule has 12 aliphatic carbocycles. The number of nitrogens with zero attached hydrogens (tertiary/aromatic N) is 4. The van der Waals surface area contributed by atoms with E-state index in [4.69, 9.17) is 4.98 Å². The first-order valence-electron chi connectivity index (χ1n) is 28.1. The maximum Gasteiger partial charge on any atom is 0.0995 e. The zero-order valence-electron chi connectivity index (χ0n) is 39.8. The molecule has 0 radical (unpaired) electrons. The summed E-state index contributed by atoms with van der Waals surface area (Å²) in [6.07, 6.45) is 35.0. The van der Waals surface area contributed by atoms with Crippen molar-refractivity contribution in [3.8, 4) is 6.07 Å². The van der Waals surface area contributed by atoms with Gasteiger partial charge in [0.05, 0.1) is 50.9 Å². The van der Waals surface area contributed by atoms with Gasteiger partial charge in [-0.2, -0.15) is 5.26 Å². The summed E-state index contributed by atoms with van der Waals surface area (Å²) in [5.41, 5.74) is 19.8. The molecule has 0 aliphatic heterocycles. The summed E-state index contributed by atoms with van der Waals surface area (Å²) in [4.78, 5) is 5.47. The monoisotopic (exact) mass is 886 g/mol. The van der Waals surface area contributed by atoms with Gasteiger partial charge in [-0.05, 0) is 256 Å². The Hall–Kier alpha value is -4.88. The summed E-state index contributed by atoms with van der Waals surface area (Å²) in [5.74, 6) is 5.43. The van der Waals surface area contributed by atoms with Crippen LogP contribution in [-0.4, -0.2) is 13.8 Å². The summed E-state index contributed by atoms with van der Waals surface area (Å²) < 4.78 is 5.42. The first kappa shape index (κ1) is 37.0. The number of aromatic nitrogens is 3. The van der Waals surface area contributed by atoms with Gasteiger partial charge in [0.15, 0.2) is 0 Å². The second-order valence-corrected chi connectivity index (χ2v) is 27.2. The number of fused-ring (bicyclic) bond motifs is 16. The van der Waals surface area contributed by atoms with Crippen LogP contribution in [-0.2, 0) is 36.5 Å². The summed E-state index contributed by atoms with van der Waals surface area (Å²) >= 11 is 0. The van der Waals surface area contributed by atoms with Gasteiger partial charge in [0.25, 0.3) is 0 Å². The molecule has 9 aromatic rings. The molecule has 0 N–H and O–H groups in total. The molecular formula is C64H62N4. The van der Waals surface area contributed by atoms with Crippen molar-refractivity contribution in [3.05, 3.63) is 87.7 Å². The Morgan fingerprint density at radius 3 is 1.41 bits per heavy atom. The zero-order valence-corrected chi connectivity index (χ0v) is 39.8. The van der Waals surface area contributed by atoms with E-state index in [9.17, 15) is 5.26 Å². The third kappa shape index (κ3) is 4.32. The molecule has 5 aromatic heterocycles. The summed E-state index contributed by atoms with van der Waals surface area (Å²) in [6.45, 7) is 0. The van der Waals surface area contributed by atoms with Crippen LogP contribution in [0.5, 0.6) is 0 Å². The van der Waals surface area contributed by atoms with Crippen molar-refractivity contribution in [1.29, 1.82) is 5.26 Å². The number of nitriles is 1. The quantitative estimate of drug-likeness (QED) is 0.174. The third-order valence-corrected chi connectivity index (χ3v) is 23.6. The topological polar surface area (TPSA) is 45.5 Å². The molecule has 4 nitrogen and oxygen atoms in total. The second kappa shape index (κ2) is 11.8. The van der Waals surface area contributed by atoms with Gasteiger partial charge in [0.2, 0.25) is 0 Å². The largest absolute Gasteiger partial charge is 0.308 e. The van der Waals surface area contributed by atoms with Crippen LogP contribution in [0.1, 0.15) is 167 Å². The third-order valence-electron chi connectivity index (χ3n) is 23.6. The van der Waals surface area contributed by atoms with Crippen LogP contribution >= 0.6 is 0 Å². The highest BCUT2D eigenvalue weighted by atomic mass is 14.9. The van der Waals surface area contributed by atoms with E-state index in [1.165, 1.54) is 229 Å². The van der Waals surface area contributed by atoms with E-state index < -0.39 is 0 Å². The maximum atomic E-state index is 11.0. The van der Waals surface area contributed by atoms with Gasteiger partial charge in [-0.3, -0.25) is 4.98 Å². The van der Waals surface area contributed by atoms with Crippen LogP contribution < -0.4 is 0 Å². The van der Waals surface area contributed by atoms with Gasteiger partial charge >= 0.3 is 0 Å². The van der Waals surface area contributed by atoms with E-state index >= 15 is 0 Å². The van der Waals surface area contributed by atoms with Gasteiger partial charge in [0, 0.05) is 48.8 Å². The molecule has 5 heterocycles. The molecule has 0 amide bonds. The van der Waals surface area contributed by atoms with E-state index in [0.717, 1.165) is 53.9 Å². The summed E-state index contributed by atoms with van der Waals surface area (Å²) in [5, 5.41) is 22.9. The Morgan fingerprint density at radius 1 is 0.456 bits per heavy atom. The van der Waals surface area contributed by atoms with Crippen molar-refractivity contribution in [3.63, 3.8) is 0 Å². The number of pyridine rings is 1. The van der Waals surface area contributed by atoms with Crippen LogP contribution in [0.25, 0.3) is 76.2 Å². The minimum Gasteiger partial charge on any atom is -0.308 e. The maximum absolute atomic E-state index is 11.0. The zero-order chi connectivity index (χ0) is 43.8. The molecule has 4 aromatic carbocycles. The van der Waals surface area contributed by atoms with Crippen LogP contribution in [0.3, 0.4) is 0 Å². The molecular weight excluding hydrogens is 825 g/mol.